The van der Waals surface area contributed by atoms with Crippen LogP contribution in [0.5, 0.6) is 0 Å². The van der Waals surface area contributed by atoms with E-state index < -0.39 is 0 Å². The van der Waals surface area contributed by atoms with Crippen molar-refractivity contribution in [1.82, 2.24) is 15.1 Å². The van der Waals surface area contributed by atoms with Crippen LogP contribution in [0.4, 0.5) is 5.82 Å². The average molecular weight is 379 g/mol. The molecule has 3 heterocycles. The van der Waals surface area contributed by atoms with Crippen molar-refractivity contribution in [1.29, 1.82) is 0 Å². The number of aromatic nitrogens is 2. The van der Waals surface area contributed by atoms with Crippen LogP contribution in [0.2, 0.25) is 0 Å². The van der Waals surface area contributed by atoms with Crippen LogP contribution in [0.25, 0.3) is 0 Å². The van der Waals surface area contributed by atoms with Crippen molar-refractivity contribution in [2.75, 3.05) is 31.1 Å². The second-order valence-corrected chi connectivity index (χ2v) is 8.75. The Hall–Kier alpha value is -1.98. The van der Waals surface area contributed by atoms with Gasteiger partial charge in [0.1, 0.15) is 0 Å². The maximum Gasteiger partial charge on any atom is 0.151 e. The van der Waals surface area contributed by atoms with Gasteiger partial charge in [-0.05, 0) is 69.0 Å². The van der Waals surface area contributed by atoms with Gasteiger partial charge in [0.2, 0.25) is 0 Å². The fourth-order valence-corrected chi connectivity index (χ4v) is 5.69. The van der Waals surface area contributed by atoms with E-state index in [0.717, 1.165) is 50.5 Å². The molecule has 1 aromatic carbocycles. The summed E-state index contributed by atoms with van der Waals surface area (Å²) in [5.74, 6) is 0.953. The Kier molecular flexibility index (Phi) is 4.60. The first-order valence-corrected chi connectivity index (χ1v) is 10.8. The number of benzene rings is 1. The summed E-state index contributed by atoms with van der Waals surface area (Å²) in [6, 6.07) is 13.0. The number of piperidine rings is 2. The van der Waals surface area contributed by atoms with E-state index in [1.165, 1.54) is 30.4 Å². The van der Waals surface area contributed by atoms with Gasteiger partial charge in [-0.25, -0.2) is 0 Å². The zero-order chi connectivity index (χ0) is 19.1. The van der Waals surface area contributed by atoms with Crippen LogP contribution in [-0.2, 0) is 5.41 Å². The van der Waals surface area contributed by atoms with Crippen molar-refractivity contribution in [3.8, 4) is 0 Å². The number of aryl methyl sites for hydroxylation is 1. The third-order valence-corrected chi connectivity index (χ3v) is 7.23. The Morgan fingerprint density at radius 2 is 1.68 bits per heavy atom. The molecule has 0 amide bonds. The monoisotopic (exact) mass is 378 g/mol. The molecule has 2 aromatic rings. The summed E-state index contributed by atoms with van der Waals surface area (Å²) in [5, 5.41) is 20.2. The molecule has 5 rings (SSSR count). The minimum absolute atomic E-state index is 0.132. The third kappa shape index (κ3) is 2.83. The van der Waals surface area contributed by atoms with E-state index in [-0.39, 0.29) is 17.6 Å². The first kappa shape index (κ1) is 18.1. The van der Waals surface area contributed by atoms with Crippen molar-refractivity contribution in [2.45, 2.75) is 56.6 Å². The second kappa shape index (κ2) is 7.12. The zero-order valence-corrected chi connectivity index (χ0v) is 16.7. The van der Waals surface area contributed by atoms with E-state index in [0.29, 0.717) is 0 Å². The maximum absolute atomic E-state index is 11.6. The SMILES string of the molecule is Cc1ccc(N2CCC3(CC2)c2ccccc2[C@@H](N2CCCCC2)[C@@H]3O)nn1. The molecule has 3 aliphatic rings. The molecule has 0 radical (unpaired) electrons. The minimum Gasteiger partial charge on any atom is -0.390 e. The van der Waals surface area contributed by atoms with Crippen molar-refractivity contribution in [2.24, 2.45) is 0 Å². The standard InChI is InChI=1S/C23H30N4O/c1-17-9-10-20(25-24-17)26-15-11-23(12-16-26)19-8-4-3-7-18(19)21(22(23)28)27-13-5-2-6-14-27/h3-4,7-10,21-22,28H,2,5-6,11-16H2,1H3/t21-,22+/m1/s1. The number of fused-ring (bicyclic) bond motifs is 2. The molecule has 1 N–H and O–H groups in total. The Morgan fingerprint density at radius 3 is 2.39 bits per heavy atom. The van der Waals surface area contributed by atoms with Crippen molar-refractivity contribution >= 4 is 5.82 Å². The van der Waals surface area contributed by atoms with Gasteiger partial charge >= 0.3 is 0 Å². The number of hydrogen-bond donors (Lipinski definition) is 1. The molecular weight excluding hydrogens is 348 g/mol. The Balaban J connectivity index is 1.42. The number of hydrogen-bond acceptors (Lipinski definition) is 5. The third-order valence-electron chi connectivity index (χ3n) is 7.23. The molecule has 0 bridgehead atoms. The first-order chi connectivity index (χ1) is 13.7. The predicted octanol–water partition coefficient (Wildman–Crippen LogP) is 3.22. The number of aliphatic hydroxyl groups excluding tert-OH is 1. The lowest BCUT2D eigenvalue weighted by atomic mass is 9.72. The number of aliphatic hydroxyl groups is 1. The molecule has 1 spiro atoms. The van der Waals surface area contributed by atoms with Crippen LogP contribution < -0.4 is 4.90 Å². The fraction of sp³-hybridized carbons (Fsp3) is 0.565. The molecule has 2 saturated heterocycles. The van der Waals surface area contributed by atoms with Gasteiger partial charge in [-0.1, -0.05) is 30.7 Å². The van der Waals surface area contributed by atoms with Gasteiger partial charge in [-0.15, -0.1) is 5.10 Å². The smallest absolute Gasteiger partial charge is 0.151 e. The molecule has 5 nitrogen and oxygen atoms in total. The van der Waals surface area contributed by atoms with Crippen LogP contribution in [0.1, 0.15) is 55.0 Å². The molecule has 1 aliphatic carbocycles. The van der Waals surface area contributed by atoms with Gasteiger partial charge in [0.15, 0.2) is 5.82 Å². The van der Waals surface area contributed by atoms with E-state index in [1.807, 2.05) is 13.0 Å². The summed E-state index contributed by atoms with van der Waals surface area (Å²) in [5.41, 5.74) is 3.56. The van der Waals surface area contributed by atoms with E-state index in [1.54, 1.807) is 0 Å². The van der Waals surface area contributed by atoms with Crippen LogP contribution in [0.3, 0.4) is 0 Å². The molecular formula is C23H30N4O. The molecule has 2 atom stereocenters. The zero-order valence-electron chi connectivity index (χ0n) is 16.7. The average Bonchev–Trinajstić information content (AvgIpc) is 2.98. The second-order valence-electron chi connectivity index (χ2n) is 8.75. The quantitative estimate of drug-likeness (QED) is 0.870. The Morgan fingerprint density at radius 1 is 0.929 bits per heavy atom. The first-order valence-electron chi connectivity index (χ1n) is 10.8. The molecule has 5 heteroatoms. The highest BCUT2D eigenvalue weighted by Gasteiger charge is 2.54. The minimum atomic E-state index is -0.325. The van der Waals surface area contributed by atoms with Crippen molar-refractivity contribution in [3.63, 3.8) is 0 Å². The summed E-state index contributed by atoms with van der Waals surface area (Å²) in [7, 11) is 0. The Labute approximate surface area is 167 Å². The lowest BCUT2D eigenvalue weighted by molar-refractivity contribution is -0.00583. The summed E-state index contributed by atoms with van der Waals surface area (Å²) >= 11 is 0. The highest BCUT2D eigenvalue weighted by atomic mass is 16.3. The van der Waals surface area contributed by atoms with E-state index in [4.69, 9.17) is 0 Å². The summed E-state index contributed by atoms with van der Waals surface area (Å²) in [6.45, 7) is 6.01. The van der Waals surface area contributed by atoms with Gasteiger partial charge in [0.05, 0.1) is 17.8 Å². The van der Waals surface area contributed by atoms with Crippen LogP contribution >= 0.6 is 0 Å². The highest BCUT2D eigenvalue weighted by molar-refractivity contribution is 5.48. The van der Waals surface area contributed by atoms with E-state index >= 15 is 0 Å². The van der Waals surface area contributed by atoms with Gasteiger partial charge < -0.3 is 10.0 Å². The largest absolute Gasteiger partial charge is 0.390 e. The van der Waals surface area contributed by atoms with Gasteiger partial charge in [-0.3, -0.25) is 4.90 Å². The molecule has 28 heavy (non-hydrogen) atoms. The van der Waals surface area contributed by atoms with Crippen molar-refractivity contribution in [3.05, 3.63) is 53.2 Å². The summed E-state index contributed by atoms with van der Waals surface area (Å²) in [6.07, 6.45) is 5.42. The van der Waals surface area contributed by atoms with Crippen LogP contribution in [-0.4, -0.2) is 52.5 Å². The van der Waals surface area contributed by atoms with Crippen molar-refractivity contribution < 1.29 is 5.11 Å². The van der Waals surface area contributed by atoms with E-state index in [2.05, 4.69) is 50.3 Å². The molecule has 2 aliphatic heterocycles. The molecule has 0 unspecified atom stereocenters. The number of rotatable bonds is 2. The van der Waals surface area contributed by atoms with Gasteiger partial charge in [0.25, 0.3) is 0 Å². The molecule has 0 saturated carbocycles. The Bertz CT molecular complexity index is 823. The van der Waals surface area contributed by atoms with Crippen LogP contribution in [0.15, 0.2) is 36.4 Å². The lowest BCUT2D eigenvalue weighted by Gasteiger charge is -2.44. The molecule has 2 fully saturated rings. The van der Waals surface area contributed by atoms with Gasteiger partial charge in [0, 0.05) is 18.5 Å². The summed E-state index contributed by atoms with van der Waals surface area (Å²) < 4.78 is 0. The van der Waals surface area contributed by atoms with E-state index in [9.17, 15) is 5.11 Å². The molecule has 1 aromatic heterocycles. The van der Waals surface area contributed by atoms with Gasteiger partial charge in [-0.2, -0.15) is 5.10 Å². The maximum atomic E-state index is 11.6. The fourth-order valence-electron chi connectivity index (χ4n) is 5.69. The molecule has 148 valence electrons. The number of likely N-dealkylation sites (tertiary alicyclic amines) is 1. The number of anilines is 1. The highest BCUT2D eigenvalue weighted by Crippen LogP contribution is 2.53. The summed E-state index contributed by atoms with van der Waals surface area (Å²) in [4.78, 5) is 4.86. The predicted molar refractivity (Wildman–Crippen MR) is 111 cm³/mol. The van der Waals surface area contributed by atoms with Crippen LogP contribution in [0, 0.1) is 6.92 Å². The normalized spacial score (nSPS) is 27.1. The topological polar surface area (TPSA) is 52.5 Å². The lowest BCUT2D eigenvalue weighted by Crippen LogP contribution is -2.50. The number of nitrogens with zero attached hydrogens (tertiary/aromatic N) is 4.